The highest BCUT2D eigenvalue weighted by Crippen LogP contribution is 2.40. The van der Waals surface area contributed by atoms with E-state index in [1.165, 1.54) is 22.7 Å². The first-order valence-electron chi connectivity index (χ1n) is 20.8. The van der Waals surface area contributed by atoms with Crippen molar-refractivity contribution in [1.82, 2.24) is 31.1 Å². The fraction of sp³-hybridized carbons (Fsp3) is 0.429. The molecule has 18 nitrogen and oxygen atoms in total. The number of thiophene rings is 2. The molecule has 2 aromatic heterocycles. The van der Waals surface area contributed by atoms with Crippen molar-refractivity contribution in [2.45, 2.75) is 50.6 Å². The summed E-state index contributed by atoms with van der Waals surface area (Å²) in [7, 11) is -3.33. The summed E-state index contributed by atoms with van der Waals surface area (Å²) in [6, 6.07) is 14.4. The average molecular weight is 951 g/mol. The van der Waals surface area contributed by atoms with Crippen LogP contribution < -0.4 is 31.9 Å². The molecule has 22 heteroatoms. The lowest BCUT2D eigenvalue weighted by Gasteiger charge is -2.35. The lowest BCUT2D eigenvalue weighted by molar-refractivity contribution is -0.125. The van der Waals surface area contributed by atoms with E-state index in [1.54, 1.807) is 21.6 Å². The van der Waals surface area contributed by atoms with E-state index in [0.29, 0.717) is 78.7 Å². The molecule has 0 aliphatic carbocycles. The molecule has 2 fully saturated rings. The molecule has 4 aliphatic heterocycles. The molecule has 8 amide bonds. The Hall–Kier alpha value is -5.58. The molecule has 2 aromatic carbocycles. The van der Waals surface area contributed by atoms with Crippen LogP contribution in [0.3, 0.4) is 0 Å². The van der Waals surface area contributed by atoms with Crippen molar-refractivity contribution in [2.24, 2.45) is 9.98 Å². The highest BCUT2D eigenvalue weighted by atomic mass is 32.2. The predicted octanol–water partition coefficient (Wildman–Crippen LogP) is 4.50. The molecule has 2 saturated heterocycles. The fourth-order valence-electron chi connectivity index (χ4n) is 8.15. The van der Waals surface area contributed by atoms with Gasteiger partial charge in [0.25, 0.3) is 23.6 Å². The van der Waals surface area contributed by atoms with Gasteiger partial charge in [-0.3, -0.25) is 39.8 Å². The molecule has 340 valence electrons. The van der Waals surface area contributed by atoms with Crippen molar-refractivity contribution in [3.8, 4) is 0 Å². The maximum absolute atomic E-state index is 13.5. The van der Waals surface area contributed by atoms with Crippen LogP contribution in [0.5, 0.6) is 0 Å². The summed E-state index contributed by atoms with van der Waals surface area (Å²) in [5.41, 5.74) is -0.879. The molecule has 6 N–H and O–H groups in total. The third kappa shape index (κ3) is 9.88. The van der Waals surface area contributed by atoms with Crippen molar-refractivity contribution in [1.29, 1.82) is 0 Å². The first kappa shape index (κ1) is 46.4. The molecule has 0 saturated carbocycles. The van der Waals surface area contributed by atoms with Crippen LogP contribution in [0.4, 0.5) is 19.6 Å². The number of carbonyl (C=O) groups is 6. The minimum absolute atomic E-state index is 0.0665. The summed E-state index contributed by atoms with van der Waals surface area (Å²) < 4.78 is 25.0. The molecule has 6 heterocycles. The normalized spacial score (nSPS) is 17.6. The lowest BCUT2D eigenvalue weighted by Crippen LogP contribution is -2.50. The zero-order valence-corrected chi connectivity index (χ0v) is 39.1. The largest absolute Gasteiger partial charge is 0.338 e. The van der Waals surface area contributed by atoms with Crippen LogP contribution >= 0.6 is 34.4 Å². The van der Waals surface area contributed by atoms with Gasteiger partial charge in [-0.1, -0.05) is 36.4 Å². The maximum Gasteiger partial charge on any atom is 0.319 e. The number of fused-ring (bicyclic) bond motifs is 2. The topological polar surface area (TPSA) is 240 Å². The van der Waals surface area contributed by atoms with Crippen LogP contribution in [0.25, 0.3) is 20.2 Å². The molecule has 0 radical (unpaired) electrons. The van der Waals surface area contributed by atoms with Gasteiger partial charge in [0.05, 0.1) is 16.9 Å². The molecular weight excluding hydrogens is 901 g/mol. The molecule has 2 spiro atoms. The van der Waals surface area contributed by atoms with E-state index in [0.717, 1.165) is 32.3 Å². The number of sulfone groups is 1. The second kappa shape index (κ2) is 19.3. The van der Waals surface area contributed by atoms with Crippen molar-refractivity contribution in [2.75, 3.05) is 73.9 Å². The molecule has 4 aromatic rings. The van der Waals surface area contributed by atoms with Crippen LogP contribution in [-0.4, -0.2) is 140 Å². The van der Waals surface area contributed by atoms with E-state index in [4.69, 9.17) is 0 Å². The van der Waals surface area contributed by atoms with E-state index in [9.17, 15) is 37.2 Å². The second-order valence-corrected chi connectivity index (χ2v) is 20.9. The number of nitrogens with zero attached hydrogens (tertiary/aromatic N) is 4. The number of carbonyl (C=O) groups excluding carboxylic acids is 6. The Kier molecular flexibility index (Phi) is 14.0. The summed E-state index contributed by atoms with van der Waals surface area (Å²) in [6.45, 7) is 6.04. The number of amidine groups is 2. The number of hydrogen-bond acceptors (Lipinski definition) is 13. The highest BCUT2D eigenvalue weighted by molar-refractivity contribution is 7.99. The fourth-order valence-corrected chi connectivity index (χ4v) is 11.4. The van der Waals surface area contributed by atoms with Crippen LogP contribution in [-0.2, 0) is 19.4 Å². The van der Waals surface area contributed by atoms with Gasteiger partial charge in [-0.05, 0) is 57.9 Å². The summed E-state index contributed by atoms with van der Waals surface area (Å²) in [6.07, 6.45) is 4.62. The molecule has 0 atom stereocenters. The highest BCUT2D eigenvalue weighted by Gasteiger charge is 2.48. The predicted molar refractivity (Wildman–Crippen MR) is 254 cm³/mol. The number of benzene rings is 2. The molecule has 64 heavy (non-hydrogen) atoms. The SMILES string of the molecule is CCNC(=O)Nc1sc2ccccc2c1C(=O)N1CCC2(CC1)N=C(CS(C)(=O)=O)NC2=O.CCNC(=O)Nc1sc2ccccc2c1C(=O)N1CCC2(CC1)N=C(CSC)NC2=O. The molecule has 4 aliphatic rings. The van der Waals surface area contributed by atoms with Crippen LogP contribution in [0, 0.1) is 0 Å². The average Bonchev–Trinajstić information content (AvgIpc) is 3.97. The Labute approximate surface area is 382 Å². The number of nitrogens with one attached hydrogen (secondary N) is 6. The van der Waals surface area contributed by atoms with Crippen molar-refractivity contribution in [3.05, 3.63) is 59.7 Å². The van der Waals surface area contributed by atoms with Crippen LogP contribution in [0.1, 0.15) is 60.2 Å². The number of hydrogen-bond donors (Lipinski definition) is 6. The standard InChI is InChI=1S/C21H25N5O5S2.C21H25N5O3S2/c1-3-22-20(29)24-17-16(13-6-4-5-7-14(13)32-17)18(27)26-10-8-21(9-11-26)19(28)23-15(25-21)12-33(2,30)31;1-3-22-20(29)24-17-16(13-6-4-5-7-14(13)31-17)18(27)26-10-8-21(9-11-26)19(28)23-15(25-21)12-30-2/h4-7H,3,8-12H2,1-2H3,(H2,22,24,29)(H,23,25,28);4-7H,3,8-12H2,1-2H3,(H2,22,24,29)(H,23,25,28). The van der Waals surface area contributed by atoms with Crippen LogP contribution in [0.2, 0.25) is 0 Å². The van der Waals surface area contributed by atoms with Gasteiger partial charge in [-0.2, -0.15) is 11.8 Å². The van der Waals surface area contributed by atoms with Crippen molar-refractivity contribution >= 4 is 122 Å². The van der Waals surface area contributed by atoms with E-state index in [-0.39, 0.29) is 60.4 Å². The van der Waals surface area contributed by atoms with Gasteiger partial charge in [0, 0.05) is 65.7 Å². The zero-order chi connectivity index (χ0) is 45.8. The number of urea groups is 2. The van der Waals surface area contributed by atoms with Gasteiger partial charge in [0.2, 0.25) is 0 Å². The summed E-state index contributed by atoms with van der Waals surface area (Å²) in [5.74, 6) is 0.467. The smallest absolute Gasteiger partial charge is 0.319 e. The van der Waals surface area contributed by atoms with E-state index >= 15 is 0 Å². The van der Waals surface area contributed by atoms with Gasteiger partial charge < -0.3 is 31.1 Å². The Morgan fingerprint density at radius 3 is 1.52 bits per heavy atom. The third-order valence-electron chi connectivity index (χ3n) is 11.2. The monoisotopic (exact) mass is 950 g/mol. The Morgan fingerprint density at radius 2 is 1.11 bits per heavy atom. The molecule has 0 unspecified atom stereocenters. The number of thioether (sulfide) groups is 1. The van der Waals surface area contributed by atoms with Gasteiger partial charge in [-0.15, -0.1) is 22.7 Å². The minimum atomic E-state index is -3.33. The van der Waals surface area contributed by atoms with E-state index < -0.39 is 20.9 Å². The maximum atomic E-state index is 13.5. The van der Waals surface area contributed by atoms with Gasteiger partial charge in [-0.25, -0.2) is 18.0 Å². The Bertz CT molecular complexity index is 2680. The lowest BCUT2D eigenvalue weighted by atomic mass is 9.87. The van der Waals surface area contributed by atoms with Crippen LogP contribution in [0.15, 0.2) is 58.5 Å². The first-order valence-corrected chi connectivity index (χ1v) is 25.9. The van der Waals surface area contributed by atoms with Gasteiger partial charge in [0.1, 0.15) is 38.5 Å². The summed E-state index contributed by atoms with van der Waals surface area (Å²) in [4.78, 5) is 88.9. The zero-order valence-electron chi connectivity index (χ0n) is 35.8. The molecule has 8 rings (SSSR count). The number of likely N-dealkylation sites (tertiary alicyclic amines) is 2. The summed E-state index contributed by atoms with van der Waals surface area (Å²) in [5, 5.41) is 19.1. The second-order valence-electron chi connectivity index (χ2n) is 15.7. The van der Waals surface area contributed by atoms with Crippen molar-refractivity contribution in [3.63, 3.8) is 0 Å². The number of amides is 8. The molecular formula is C42H50N10O8S4. The minimum Gasteiger partial charge on any atom is -0.338 e. The van der Waals surface area contributed by atoms with Gasteiger partial charge >= 0.3 is 12.1 Å². The van der Waals surface area contributed by atoms with Gasteiger partial charge in [0.15, 0.2) is 9.84 Å². The van der Waals surface area contributed by atoms with Crippen molar-refractivity contribution < 1.29 is 37.2 Å². The first-order chi connectivity index (χ1) is 30.6. The van der Waals surface area contributed by atoms with E-state index in [2.05, 4.69) is 41.9 Å². The summed E-state index contributed by atoms with van der Waals surface area (Å²) >= 11 is 4.33. The Balaban J connectivity index is 0.000000192. The molecule has 0 bridgehead atoms. The van der Waals surface area contributed by atoms with E-state index in [1.807, 2.05) is 68.6 Å². The third-order valence-corrected chi connectivity index (χ3v) is 14.8. The number of rotatable bonds is 10. The number of piperidine rings is 2. The number of aliphatic imine (C=N–C) groups is 2. The Morgan fingerprint density at radius 1 is 0.703 bits per heavy atom. The number of anilines is 2. The quantitative estimate of drug-likeness (QED) is 0.131.